The molecule has 1 amide bonds. The van der Waals surface area contributed by atoms with Crippen molar-refractivity contribution in [2.75, 3.05) is 11.9 Å². The third-order valence-electron chi connectivity index (χ3n) is 4.64. The Kier molecular flexibility index (Phi) is 6.39. The zero-order chi connectivity index (χ0) is 22.2. The molecule has 0 fully saturated rings. The van der Waals surface area contributed by atoms with Crippen LogP contribution in [0.3, 0.4) is 0 Å². The number of nitrogens with zero attached hydrogens (tertiary/aromatic N) is 2. The molecule has 0 aliphatic rings. The van der Waals surface area contributed by atoms with Crippen LogP contribution in [0.15, 0.2) is 101 Å². The van der Waals surface area contributed by atoms with Crippen LogP contribution in [0.5, 0.6) is 0 Å². The van der Waals surface area contributed by atoms with E-state index in [1.165, 1.54) is 6.21 Å². The summed E-state index contributed by atoms with van der Waals surface area (Å²) in [4.78, 5) is 17.5. The summed E-state index contributed by atoms with van der Waals surface area (Å²) in [7, 11) is 0. The van der Waals surface area contributed by atoms with Gasteiger partial charge in [-0.05, 0) is 11.1 Å². The normalized spacial score (nSPS) is 10.6. The number of carbonyl (C=O) groups excluding carboxylic acids is 1. The number of nitriles is 1. The molecule has 0 spiro atoms. The molecule has 6 nitrogen and oxygen atoms in total. The first-order valence-corrected chi connectivity index (χ1v) is 9.94. The van der Waals surface area contributed by atoms with Crippen LogP contribution in [0.1, 0.15) is 11.1 Å². The fourth-order valence-corrected chi connectivity index (χ4v) is 3.19. The summed E-state index contributed by atoms with van der Waals surface area (Å²) in [5.74, 6) is 0.0946. The van der Waals surface area contributed by atoms with E-state index in [9.17, 15) is 10.1 Å². The molecule has 6 heteroatoms. The van der Waals surface area contributed by atoms with Gasteiger partial charge in [-0.15, -0.1) is 0 Å². The van der Waals surface area contributed by atoms with Crippen LogP contribution in [0.2, 0.25) is 0 Å². The minimum absolute atomic E-state index is 0.0749. The molecule has 0 saturated heterocycles. The second-order valence-electron chi connectivity index (χ2n) is 6.82. The molecular formula is C26H19N3O3. The molecule has 1 aromatic heterocycles. The number of benzene rings is 3. The molecule has 0 saturated carbocycles. The molecule has 3 aromatic carbocycles. The number of hydrogen-bond acceptors (Lipinski definition) is 5. The number of rotatable bonds is 7. The SMILES string of the molecule is N#Cc1c(NC(=O)CO/N=C\c2ccccc2)oc(-c2ccccc2)c1-c1ccccc1. The van der Waals surface area contributed by atoms with Crippen molar-refractivity contribution in [3.8, 4) is 28.5 Å². The van der Waals surface area contributed by atoms with Gasteiger partial charge in [0.05, 0.1) is 6.21 Å². The molecule has 32 heavy (non-hydrogen) atoms. The molecule has 0 atom stereocenters. The van der Waals surface area contributed by atoms with Crippen LogP contribution in [-0.2, 0) is 9.63 Å². The smallest absolute Gasteiger partial charge is 0.267 e. The van der Waals surface area contributed by atoms with Crippen molar-refractivity contribution in [1.29, 1.82) is 5.26 Å². The molecule has 156 valence electrons. The molecule has 4 rings (SSSR count). The van der Waals surface area contributed by atoms with Gasteiger partial charge in [-0.1, -0.05) is 96.2 Å². The lowest BCUT2D eigenvalue weighted by atomic mass is 9.98. The van der Waals surface area contributed by atoms with Crippen molar-refractivity contribution in [3.05, 3.63) is 102 Å². The molecule has 4 aromatic rings. The van der Waals surface area contributed by atoms with Gasteiger partial charge in [0.15, 0.2) is 6.61 Å². The number of amides is 1. The summed E-state index contributed by atoms with van der Waals surface area (Å²) in [6, 6.07) is 30.5. The monoisotopic (exact) mass is 421 g/mol. The van der Waals surface area contributed by atoms with E-state index in [0.717, 1.165) is 16.7 Å². The van der Waals surface area contributed by atoms with Gasteiger partial charge in [-0.2, -0.15) is 5.26 Å². The highest BCUT2D eigenvalue weighted by Crippen LogP contribution is 2.41. The van der Waals surface area contributed by atoms with Gasteiger partial charge in [-0.25, -0.2) is 0 Å². The molecule has 0 aliphatic carbocycles. The van der Waals surface area contributed by atoms with Crippen molar-refractivity contribution < 1.29 is 14.0 Å². The van der Waals surface area contributed by atoms with Gasteiger partial charge in [0, 0.05) is 11.1 Å². The average molecular weight is 421 g/mol. The Hall–Kier alpha value is -4.63. The Balaban J connectivity index is 1.57. The number of furan rings is 1. The van der Waals surface area contributed by atoms with Crippen LogP contribution in [-0.4, -0.2) is 18.7 Å². The Morgan fingerprint density at radius 2 is 1.53 bits per heavy atom. The lowest BCUT2D eigenvalue weighted by molar-refractivity contribution is -0.120. The first-order chi connectivity index (χ1) is 15.8. The third kappa shape index (κ3) is 4.74. The number of nitrogens with one attached hydrogen (secondary N) is 1. The minimum atomic E-state index is -0.486. The number of oxime groups is 1. The fourth-order valence-electron chi connectivity index (χ4n) is 3.19. The zero-order valence-corrected chi connectivity index (χ0v) is 17.1. The van der Waals surface area contributed by atoms with E-state index in [1.54, 1.807) is 0 Å². The number of hydrogen-bond donors (Lipinski definition) is 1. The Morgan fingerprint density at radius 1 is 0.938 bits per heavy atom. The summed E-state index contributed by atoms with van der Waals surface area (Å²) in [5, 5.41) is 16.3. The van der Waals surface area contributed by atoms with E-state index >= 15 is 0 Å². The van der Waals surface area contributed by atoms with E-state index in [-0.39, 0.29) is 18.1 Å². The number of anilines is 1. The highest BCUT2D eigenvalue weighted by Gasteiger charge is 2.24. The fraction of sp³-hybridized carbons (Fsp3) is 0.0385. The van der Waals surface area contributed by atoms with Crippen molar-refractivity contribution in [3.63, 3.8) is 0 Å². The maximum atomic E-state index is 12.4. The molecule has 1 heterocycles. The van der Waals surface area contributed by atoms with E-state index in [4.69, 9.17) is 9.25 Å². The lowest BCUT2D eigenvalue weighted by Crippen LogP contribution is -2.17. The molecule has 1 N–H and O–H groups in total. The first-order valence-electron chi connectivity index (χ1n) is 9.94. The van der Waals surface area contributed by atoms with Crippen molar-refractivity contribution in [2.24, 2.45) is 5.16 Å². The standard InChI is InChI=1S/C26H19N3O3/c27-16-22-24(20-12-6-2-7-13-20)25(21-14-8-3-9-15-21)32-26(22)29-23(30)18-31-28-17-19-10-4-1-5-11-19/h1-15,17H,18H2,(H,29,30)/b28-17-. The highest BCUT2D eigenvalue weighted by atomic mass is 16.6. The predicted octanol–water partition coefficient (Wildman–Crippen LogP) is 5.47. The van der Waals surface area contributed by atoms with Crippen LogP contribution in [0, 0.1) is 11.3 Å². The lowest BCUT2D eigenvalue weighted by Gasteiger charge is -2.03. The topological polar surface area (TPSA) is 87.6 Å². The van der Waals surface area contributed by atoms with E-state index < -0.39 is 5.91 Å². The van der Waals surface area contributed by atoms with E-state index in [2.05, 4.69) is 16.5 Å². The Morgan fingerprint density at radius 3 is 2.16 bits per heavy atom. The van der Waals surface area contributed by atoms with Crippen molar-refractivity contribution >= 4 is 18.0 Å². The van der Waals surface area contributed by atoms with Crippen molar-refractivity contribution in [1.82, 2.24) is 0 Å². The quantitative estimate of drug-likeness (QED) is 0.316. The Bertz CT molecular complexity index is 1260. The predicted molar refractivity (Wildman–Crippen MR) is 123 cm³/mol. The van der Waals surface area contributed by atoms with Crippen LogP contribution < -0.4 is 5.32 Å². The number of carbonyl (C=O) groups is 1. The van der Waals surface area contributed by atoms with E-state index in [1.807, 2.05) is 91.0 Å². The maximum absolute atomic E-state index is 12.4. The molecule has 0 unspecified atom stereocenters. The highest BCUT2D eigenvalue weighted by molar-refractivity contribution is 5.96. The zero-order valence-electron chi connectivity index (χ0n) is 17.1. The average Bonchev–Trinajstić information content (AvgIpc) is 3.21. The first kappa shape index (κ1) is 20.6. The summed E-state index contributed by atoms with van der Waals surface area (Å²) in [6.07, 6.45) is 1.52. The van der Waals surface area contributed by atoms with E-state index in [0.29, 0.717) is 11.3 Å². The van der Waals surface area contributed by atoms with Crippen LogP contribution in [0.4, 0.5) is 5.88 Å². The van der Waals surface area contributed by atoms with Gasteiger partial charge in [0.1, 0.15) is 17.4 Å². The van der Waals surface area contributed by atoms with Gasteiger partial charge < -0.3 is 9.25 Å². The second kappa shape index (κ2) is 9.92. The maximum Gasteiger partial charge on any atom is 0.267 e. The van der Waals surface area contributed by atoms with Crippen LogP contribution in [0.25, 0.3) is 22.5 Å². The Labute approximate surface area is 185 Å². The van der Waals surface area contributed by atoms with Crippen molar-refractivity contribution in [2.45, 2.75) is 0 Å². The molecular weight excluding hydrogens is 402 g/mol. The van der Waals surface area contributed by atoms with Crippen LogP contribution >= 0.6 is 0 Å². The molecule has 0 radical (unpaired) electrons. The van der Waals surface area contributed by atoms with Gasteiger partial charge in [0.2, 0.25) is 5.88 Å². The van der Waals surface area contributed by atoms with Gasteiger partial charge >= 0.3 is 0 Å². The van der Waals surface area contributed by atoms with Gasteiger partial charge in [0.25, 0.3) is 5.91 Å². The molecule has 0 bridgehead atoms. The summed E-state index contributed by atoms with van der Waals surface area (Å²) in [5.41, 5.74) is 3.34. The molecule has 0 aliphatic heterocycles. The second-order valence-corrected chi connectivity index (χ2v) is 6.82. The summed E-state index contributed by atoms with van der Waals surface area (Å²) < 4.78 is 5.98. The summed E-state index contributed by atoms with van der Waals surface area (Å²) in [6.45, 7) is -0.323. The minimum Gasteiger partial charge on any atom is -0.438 e. The largest absolute Gasteiger partial charge is 0.438 e. The summed E-state index contributed by atoms with van der Waals surface area (Å²) >= 11 is 0. The van der Waals surface area contributed by atoms with Gasteiger partial charge in [-0.3, -0.25) is 10.1 Å². The third-order valence-corrected chi connectivity index (χ3v) is 4.64.